The third-order valence-electron chi connectivity index (χ3n) is 4.61. The second-order valence-corrected chi connectivity index (χ2v) is 6.41. The molecular weight excluding hydrogens is 381 g/mol. The molecule has 3 aromatic rings. The van der Waals surface area contributed by atoms with Gasteiger partial charge in [0.2, 0.25) is 0 Å². The van der Waals surface area contributed by atoms with E-state index in [1.807, 2.05) is 0 Å². The highest BCUT2D eigenvalue weighted by Crippen LogP contribution is 2.36. The molecule has 150 valence electrons. The molecule has 0 saturated carbocycles. The fraction of sp³-hybridized carbons (Fsp3) is 0.211. The number of benzene rings is 1. The Kier molecular flexibility index (Phi) is 5.26. The number of anilines is 1. The lowest BCUT2D eigenvalue weighted by Crippen LogP contribution is -2.34. The van der Waals surface area contributed by atoms with E-state index in [4.69, 9.17) is 0 Å². The van der Waals surface area contributed by atoms with Gasteiger partial charge in [0.15, 0.2) is 0 Å². The number of nitrogens with zero attached hydrogens (tertiary/aromatic N) is 5. The van der Waals surface area contributed by atoms with Gasteiger partial charge in [-0.1, -0.05) is 18.2 Å². The molecule has 0 unspecified atom stereocenters. The molecule has 10 heteroatoms. The highest BCUT2D eigenvalue weighted by atomic mass is 19.1. The van der Waals surface area contributed by atoms with E-state index in [1.54, 1.807) is 20.0 Å². The lowest BCUT2D eigenvalue weighted by atomic mass is 10.1. The maximum absolute atomic E-state index is 14.3. The van der Waals surface area contributed by atoms with Crippen molar-refractivity contribution in [1.82, 2.24) is 14.8 Å². The molecule has 0 saturated heterocycles. The lowest BCUT2D eigenvalue weighted by Gasteiger charge is -2.27. The summed E-state index contributed by atoms with van der Waals surface area (Å²) in [5.74, 6) is -0.353. The number of nitro groups is 1. The molecule has 0 radical (unpaired) electrons. The fourth-order valence-electron chi connectivity index (χ4n) is 3.19. The van der Waals surface area contributed by atoms with Crippen molar-refractivity contribution >= 4 is 17.6 Å². The Morgan fingerprint density at radius 2 is 2.00 bits per heavy atom. The minimum Gasteiger partial charge on any atom is -0.465 e. The quantitative estimate of drug-likeness (QED) is 0.511. The Morgan fingerprint density at radius 1 is 1.31 bits per heavy atom. The Hall–Kier alpha value is -3.82. The van der Waals surface area contributed by atoms with E-state index in [1.165, 1.54) is 48.1 Å². The van der Waals surface area contributed by atoms with Gasteiger partial charge in [0, 0.05) is 18.7 Å². The number of hydrogen-bond acceptors (Lipinski definition) is 5. The number of halogens is 1. The third kappa shape index (κ3) is 3.64. The van der Waals surface area contributed by atoms with Crippen LogP contribution in [0.1, 0.15) is 24.2 Å². The summed E-state index contributed by atoms with van der Waals surface area (Å²) in [4.78, 5) is 27.9. The second-order valence-electron chi connectivity index (χ2n) is 6.41. The van der Waals surface area contributed by atoms with Gasteiger partial charge in [-0.2, -0.15) is 5.10 Å². The summed E-state index contributed by atoms with van der Waals surface area (Å²) in [6, 6.07) is 7.80. The number of aromatic nitrogens is 3. The average Bonchev–Trinajstić information content (AvgIpc) is 3.03. The van der Waals surface area contributed by atoms with E-state index in [-0.39, 0.29) is 22.8 Å². The van der Waals surface area contributed by atoms with Crippen LogP contribution in [0.3, 0.4) is 0 Å². The van der Waals surface area contributed by atoms with Crippen LogP contribution >= 0.6 is 0 Å². The van der Waals surface area contributed by atoms with E-state index < -0.39 is 22.9 Å². The van der Waals surface area contributed by atoms with Gasteiger partial charge in [0.1, 0.15) is 17.3 Å². The van der Waals surface area contributed by atoms with Crippen molar-refractivity contribution in [2.45, 2.75) is 19.9 Å². The topological polar surface area (TPSA) is 114 Å². The molecule has 29 heavy (non-hydrogen) atoms. The molecule has 0 aliphatic rings. The first-order valence-electron chi connectivity index (χ1n) is 8.63. The van der Waals surface area contributed by atoms with Gasteiger partial charge in [0.25, 0.3) is 5.69 Å². The SMILES string of the molecule is Cc1nc(-c2cnn(C)c2N(C(=O)O)[C@H](C)c2ccccc2F)ccc1[N+](=O)[O-]. The van der Waals surface area contributed by atoms with Crippen LogP contribution in [-0.4, -0.2) is 30.9 Å². The molecule has 0 fully saturated rings. The summed E-state index contributed by atoms with van der Waals surface area (Å²) in [6.45, 7) is 3.06. The molecule has 1 aromatic carbocycles. The van der Waals surface area contributed by atoms with Crippen molar-refractivity contribution in [2.24, 2.45) is 7.05 Å². The summed E-state index contributed by atoms with van der Waals surface area (Å²) < 4.78 is 15.6. The zero-order valence-electron chi connectivity index (χ0n) is 15.9. The summed E-state index contributed by atoms with van der Waals surface area (Å²) in [5, 5.41) is 25.1. The van der Waals surface area contributed by atoms with Gasteiger partial charge >= 0.3 is 6.09 Å². The van der Waals surface area contributed by atoms with Crippen LogP contribution in [0.2, 0.25) is 0 Å². The summed E-state index contributed by atoms with van der Waals surface area (Å²) in [5.41, 5.74) is 0.925. The second kappa shape index (κ2) is 7.66. The minimum absolute atomic E-state index is 0.144. The van der Waals surface area contributed by atoms with E-state index >= 15 is 0 Å². The maximum Gasteiger partial charge on any atom is 0.413 e. The Bertz CT molecular complexity index is 1100. The summed E-state index contributed by atoms with van der Waals surface area (Å²) in [7, 11) is 1.56. The molecule has 0 bridgehead atoms. The van der Waals surface area contributed by atoms with Crippen molar-refractivity contribution in [3.8, 4) is 11.3 Å². The monoisotopic (exact) mass is 399 g/mol. The first-order chi connectivity index (χ1) is 13.7. The van der Waals surface area contributed by atoms with Crippen LogP contribution in [0, 0.1) is 22.9 Å². The number of pyridine rings is 1. The van der Waals surface area contributed by atoms with Crippen LogP contribution in [0.5, 0.6) is 0 Å². The summed E-state index contributed by atoms with van der Waals surface area (Å²) >= 11 is 0. The Labute approximate surface area is 165 Å². The molecule has 2 aromatic heterocycles. The number of aryl methyl sites for hydroxylation is 2. The van der Waals surface area contributed by atoms with Gasteiger partial charge < -0.3 is 5.11 Å². The van der Waals surface area contributed by atoms with Crippen molar-refractivity contribution in [1.29, 1.82) is 0 Å². The summed E-state index contributed by atoms with van der Waals surface area (Å²) in [6.07, 6.45) is 0.122. The van der Waals surface area contributed by atoms with E-state index in [0.717, 1.165) is 4.90 Å². The highest BCUT2D eigenvalue weighted by molar-refractivity contribution is 5.91. The Morgan fingerprint density at radius 3 is 2.59 bits per heavy atom. The number of amides is 1. The molecule has 0 aliphatic carbocycles. The van der Waals surface area contributed by atoms with Gasteiger partial charge in [-0.05, 0) is 26.0 Å². The van der Waals surface area contributed by atoms with Gasteiger partial charge in [-0.3, -0.25) is 19.7 Å². The number of carbonyl (C=O) groups is 1. The number of carboxylic acid groups (broad SMARTS) is 1. The first-order valence-corrected chi connectivity index (χ1v) is 8.63. The zero-order chi connectivity index (χ0) is 21.3. The molecule has 1 atom stereocenters. The molecule has 0 aliphatic heterocycles. The minimum atomic E-state index is -1.30. The van der Waals surface area contributed by atoms with Gasteiger partial charge in [0.05, 0.1) is 28.4 Å². The van der Waals surface area contributed by atoms with Gasteiger partial charge in [-0.15, -0.1) is 0 Å². The molecule has 1 N–H and O–H groups in total. The Balaban J connectivity index is 2.14. The molecule has 3 rings (SSSR count). The molecule has 9 nitrogen and oxygen atoms in total. The van der Waals surface area contributed by atoms with Crippen molar-refractivity contribution in [3.05, 3.63) is 69.8 Å². The van der Waals surface area contributed by atoms with Crippen LogP contribution in [0.4, 0.5) is 20.7 Å². The van der Waals surface area contributed by atoms with E-state index in [0.29, 0.717) is 11.3 Å². The van der Waals surface area contributed by atoms with Crippen LogP contribution in [-0.2, 0) is 7.05 Å². The van der Waals surface area contributed by atoms with Crippen molar-refractivity contribution in [3.63, 3.8) is 0 Å². The lowest BCUT2D eigenvalue weighted by molar-refractivity contribution is -0.385. The fourth-order valence-corrected chi connectivity index (χ4v) is 3.19. The smallest absolute Gasteiger partial charge is 0.413 e. The van der Waals surface area contributed by atoms with Crippen LogP contribution < -0.4 is 4.90 Å². The molecule has 1 amide bonds. The van der Waals surface area contributed by atoms with E-state index in [2.05, 4.69) is 10.1 Å². The van der Waals surface area contributed by atoms with Crippen molar-refractivity contribution in [2.75, 3.05) is 4.90 Å². The van der Waals surface area contributed by atoms with Crippen molar-refractivity contribution < 1.29 is 19.2 Å². The van der Waals surface area contributed by atoms with Crippen LogP contribution in [0.15, 0.2) is 42.6 Å². The maximum atomic E-state index is 14.3. The molecule has 0 spiro atoms. The highest BCUT2D eigenvalue weighted by Gasteiger charge is 2.30. The number of hydrogen-bond donors (Lipinski definition) is 1. The van der Waals surface area contributed by atoms with Crippen LogP contribution in [0.25, 0.3) is 11.3 Å². The largest absolute Gasteiger partial charge is 0.465 e. The molecular formula is C19H18FN5O4. The first kappa shape index (κ1) is 19.9. The third-order valence-corrected chi connectivity index (χ3v) is 4.61. The van der Waals surface area contributed by atoms with E-state index in [9.17, 15) is 24.4 Å². The average molecular weight is 399 g/mol. The van der Waals surface area contributed by atoms with Gasteiger partial charge in [-0.25, -0.2) is 14.2 Å². The molecule has 2 heterocycles. The standard InChI is InChI=1S/C19H18FN5O4/c1-11-17(25(28)29)9-8-16(22-11)14-10-21-23(3)18(14)24(19(26)27)12(2)13-6-4-5-7-15(13)20/h4-10,12H,1-3H3,(H,26,27)/t12-/m1/s1. The number of rotatable bonds is 5. The predicted octanol–water partition coefficient (Wildman–Crippen LogP) is 4.08. The zero-order valence-corrected chi connectivity index (χ0v) is 15.9. The predicted molar refractivity (Wildman–Crippen MR) is 103 cm³/mol. The normalized spacial score (nSPS) is 11.9.